The molecule has 146 valence electrons. The predicted molar refractivity (Wildman–Crippen MR) is 103 cm³/mol. The fraction of sp³-hybridized carbons (Fsp3) is 0.778. The van der Waals surface area contributed by atoms with E-state index >= 15 is 0 Å². The van der Waals surface area contributed by atoms with Crippen molar-refractivity contribution in [3.8, 4) is 0 Å². The molecule has 1 aromatic heterocycles. The molecule has 8 nitrogen and oxygen atoms in total. The molecule has 0 atom stereocenters. The van der Waals surface area contributed by atoms with Gasteiger partial charge in [0.2, 0.25) is 5.95 Å². The Labute approximate surface area is 155 Å². The molecule has 0 amide bonds. The zero-order valence-corrected chi connectivity index (χ0v) is 16.0. The van der Waals surface area contributed by atoms with E-state index in [4.69, 9.17) is 15.1 Å². The number of nitrogens with zero attached hydrogens (tertiary/aromatic N) is 4. The lowest BCUT2D eigenvalue weighted by atomic mass is 10.1. The van der Waals surface area contributed by atoms with Gasteiger partial charge in [-0.15, -0.1) is 0 Å². The fourth-order valence-corrected chi connectivity index (χ4v) is 3.57. The van der Waals surface area contributed by atoms with Crippen molar-refractivity contribution in [3.63, 3.8) is 0 Å². The Morgan fingerprint density at radius 1 is 1.23 bits per heavy atom. The van der Waals surface area contributed by atoms with Gasteiger partial charge in [-0.1, -0.05) is 6.92 Å². The summed E-state index contributed by atoms with van der Waals surface area (Å²) in [7, 11) is 0. The fourth-order valence-electron chi connectivity index (χ4n) is 3.57. The van der Waals surface area contributed by atoms with Crippen LogP contribution in [0, 0.1) is 5.41 Å². The molecule has 0 saturated carbocycles. The third kappa shape index (κ3) is 3.96. The molecule has 0 spiro atoms. The lowest BCUT2D eigenvalue weighted by Crippen LogP contribution is -2.41. The van der Waals surface area contributed by atoms with Crippen molar-refractivity contribution in [3.05, 3.63) is 5.69 Å². The molecule has 0 bridgehead atoms. The van der Waals surface area contributed by atoms with Crippen LogP contribution in [0.25, 0.3) is 0 Å². The molecule has 1 aromatic rings. The number of hydrogen-bond acceptors (Lipinski definition) is 6. The molecule has 26 heavy (non-hydrogen) atoms. The van der Waals surface area contributed by atoms with Crippen molar-refractivity contribution in [2.75, 3.05) is 56.2 Å². The van der Waals surface area contributed by atoms with E-state index in [1.165, 1.54) is 0 Å². The zero-order valence-electron chi connectivity index (χ0n) is 16.0. The van der Waals surface area contributed by atoms with Gasteiger partial charge in [0.1, 0.15) is 11.5 Å². The van der Waals surface area contributed by atoms with Crippen molar-refractivity contribution in [2.45, 2.75) is 45.8 Å². The van der Waals surface area contributed by atoms with Crippen molar-refractivity contribution in [2.24, 2.45) is 0 Å². The SMILES string of the molecule is CCCNc1c(C(=N)N2CCOCC2)nc(N2CCC(O)CC2)n1CC. The largest absolute Gasteiger partial charge is 0.393 e. The van der Waals surface area contributed by atoms with Crippen LogP contribution in [0.15, 0.2) is 0 Å². The number of rotatable bonds is 6. The second-order valence-electron chi connectivity index (χ2n) is 6.95. The molecule has 2 fully saturated rings. The van der Waals surface area contributed by atoms with E-state index in [2.05, 4.69) is 28.6 Å². The Morgan fingerprint density at radius 3 is 2.54 bits per heavy atom. The molecular formula is C18H32N6O2. The molecule has 0 unspecified atom stereocenters. The number of piperidine rings is 1. The Hall–Kier alpha value is -1.80. The van der Waals surface area contributed by atoms with Gasteiger partial charge < -0.3 is 25.0 Å². The molecule has 3 N–H and O–H groups in total. The summed E-state index contributed by atoms with van der Waals surface area (Å²) in [6, 6.07) is 0. The number of imidazole rings is 1. The summed E-state index contributed by atoms with van der Waals surface area (Å²) in [6.07, 6.45) is 2.35. The maximum atomic E-state index is 9.82. The summed E-state index contributed by atoms with van der Waals surface area (Å²) in [5.74, 6) is 2.32. The monoisotopic (exact) mass is 364 g/mol. The standard InChI is InChI=1S/C18H32N6O2/c1-3-7-20-17-15(16(19)22-10-12-26-13-11-22)21-18(24(17)4-2)23-8-5-14(25)6-9-23/h14,19-20,25H,3-13H2,1-2H3. The first-order chi connectivity index (χ1) is 12.7. The van der Waals surface area contributed by atoms with E-state index in [0.29, 0.717) is 19.0 Å². The highest BCUT2D eigenvalue weighted by molar-refractivity contribution is 5.99. The summed E-state index contributed by atoms with van der Waals surface area (Å²) >= 11 is 0. The first-order valence-corrected chi connectivity index (χ1v) is 9.84. The molecule has 3 heterocycles. The highest BCUT2D eigenvalue weighted by atomic mass is 16.5. The number of nitrogens with one attached hydrogen (secondary N) is 2. The normalized spacial score (nSPS) is 19.0. The number of aliphatic hydroxyl groups excluding tert-OH is 1. The van der Waals surface area contributed by atoms with Gasteiger partial charge in [0.15, 0.2) is 5.84 Å². The quantitative estimate of drug-likeness (QED) is 0.521. The number of morpholine rings is 1. The zero-order chi connectivity index (χ0) is 18.5. The van der Waals surface area contributed by atoms with Crippen LogP contribution in [0.3, 0.4) is 0 Å². The molecule has 0 aliphatic carbocycles. The summed E-state index contributed by atoms with van der Waals surface area (Å²) < 4.78 is 7.60. The van der Waals surface area contributed by atoms with E-state index in [0.717, 1.165) is 76.0 Å². The molecule has 3 rings (SSSR count). The number of aromatic nitrogens is 2. The lowest BCUT2D eigenvalue weighted by molar-refractivity contribution is 0.0679. The maximum Gasteiger partial charge on any atom is 0.207 e. The van der Waals surface area contributed by atoms with Crippen LogP contribution in [0.1, 0.15) is 38.8 Å². The summed E-state index contributed by atoms with van der Waals surface area (Å²) in [4.78, 5) is 9.18. The van der Waals surface area contributed by atoms with Crippen molar-refractivity contribution in [1.29, 1.82) is 5.41 Å². The minimum Gasteiger partial charge on any atom is -0.393 e. The second-order valence-corrected chi connectivity index (χ2v) is 6.95. The first kappa shape index (κ1) is 19.0. The number of amidine groups is 1. The molecule has 0 radical (unpaired) electrons. The van der Waals surface area contributed by atoms with Gasteiger partial charge >= 0.3 is 0 Å². The highest BCUT2D eigenvalue weighted by Gasteiger charge is 2.28. The Bertz CT molecular complexity index is 603. The van der Waals surface area contributed by atoms with E-state index in [9.17, 15) is 5.11 Å². The minimum atomic E-state index is -0.208. The van der Waals surface area contributed by atoms with Gasteiger partial charge in [0.25, 0.3) is 0 Å². The average molecular weight is 364 g/mol. The van der Waals surface area contributed by atoms with Crippen molar-refractivity contribution < 1.29 is 9.84 Å². The summed E-state index contributed by atoms with van der Waals surface area (Å²) in [5.41, 5.74) is 0.725. The van der Waals surface area contributed by atoms with Crippen molar-refractivity contribution >= 4 is 17.6 Å². The van der Waals surface area contributed by atoms with Crippen LogP contribution in [0.4, 0.5) is 11.8 Å². The first-order valence-electron chi connectivity index (χ1n) is 9.84. The third-order valence-corrected chi connectivity index (χ3v) is 5.11. The molecule has 0 aromatic carbocycles. The molecule has 2 aliphatic heterocycles. The maximum absolute atomic E-state index is 9.82. The predicted octanol–water partition coefficient (Wildman–Crippen LogP) is 1.34. The van der Waals surface area contributed by atoms with E-state index in [1.54, 1.807) is 0 Å². The summed E-state index contributed by atoms with van der Waals surface area (Å²) in [6.45, 7) is 10.3. The van der Waals surface area contributed by atoms with Gasteiger partial charge in [-0.05, 0) is 26.2 Å². The van der Waals surface area contributed by atoms with Crippen LogP contribution >= 0.6 is 0 Å². The van der Waals surface area contributed by atoms with Crippen LogP contribution in [0.2, 0.25) is 0 Å². The van der Waals surface area contributed by atoms with Gasteiger partial charge in [-0.2, -0.15) is 0 Å². The molecule has 2 aliphatic rings. The van der Waals surface area contributed by atoms with E-state index in [1.807, 2.05) is 4.90 Å². The molecular weight excluding hydrogens is 332 g/mol. The van der Waals surface area contributed by atoms with Crippen LogP contribution in [-0.4, -0.2) is 77.4 Å². The smallest absolute Gasteiger partial charge is 0.207 e. The van der Waals surface area contributed by atoms with Gasteiger partial charge in [0, 0.05) is 39.3 Å². The summed E-state index contributed by atoms with van der Waals surface area (Å²) in [5, 5.41) is 22.0. The van der Waals surface area contributed by atoms with E-state index < -0.39 is 0 Å². The van der Waals surface area contributed by atoms with Gasteiger partial charge in [0.05, 0.1) is 19.3 Å². The second kappa shape index (κ2) is 8.73. The third-order valence-electron chi connectivity index (χ3n) is 5.11. The highest BCUT2D eigenvalue weighted by Crippen LogP contribution is 2.28. The lowest BCUT2D eigenvalue weighted by Gasteiger charge is -2.30. The number of aliphatic hydroxyl groups is 1. The van der Waals surface area contributed by atoms with Crippen LogP contribution in [0.5, 0.6) is 0 Å². The minimum absolute atomic E-state index is 0.208. The molecule has 2 saturated heterocycles. The Morgan fingerprint density at radius 2 is 1.92 bits per heavy atom. The van der Waals surface area contributed by atoms with Crippen LogP contribution in [-0.2, 0) is 11.3 Å². The van der Waals surface area contributed by atoms with E-state index in [-0.39, 0.29) is 6.10 Å². The van der Waals surface area contributed by atoms with Gasteiger partial charge in [-0.25, -0.2) is 4.98 Å². The topological polar surface area (TPSA) is 89.6 Å². The number of hydrogen-bond donors (Lipinski definition) is 3. The Balaban J connectivity index is 1.91. The van der Waals surface area contributed by atoms with Crippen molar-refractivity contribution in [1.82, 2.24) is 14.5 Å². The average Bonchev–Trinajstić information content (AvgIpc) is 3.05. The van der Waals surface area contributed by atoms with Gasteiger partial charge in [-0.3, -0.25) is 9.98 Å². The Kier molecular flexibility index (Phi) is 6.37. The number of anilines is 2. The van der Waals surface area contributed by atoms with Crippen LogP contribution < -0.4 is 10.2 Å². The number of ether oxygens (including phenoxy) is 1. The molecule has 8 heteroatoms.